The monoisotopic (exact) mass is 406 g/mol. The third kappa shape index (κ3) is 4.55. The number of rotatable bonds is 9. The van der Waals surface area contributed by atoms with E-state index >= 15 is 0 Å². The van der Waals surface area contributed by atoms with Crippen molar-refractivity contribution in [1.29, 1.82) is 0 Å². The van der Waals surface area contributed by atoms with Gasteiger partial charge in [0.2, 0.25) is 5.52 Å². The fourth-order valence-electron chi connectivity index (χ4n) is 4.79. The van der Waals surface area contributed by atoms with E-state index in [1.807, 2.05) is 0 Å². The zero-order valence-corrected chi connectivity index (χ0v) is 20.1. The molecule has 0 aliphatic heterocycles. The number of unbranched alkanes of at least 4 members (excludes halogenated alkanes) is 1. The molecule has 0 radical (unpaired) electrons. The molecule has 30 heavy (non-hydrogen) atoms. The molecule has 0 fully saturated rings. The van der Waals surface area contributed by atoms with Gasteiger partial charge in [0.15, 0.2) is 5.69 Å². The molecule has 1 aromatic carbocycles. The molecule has 1 unspecified atom stereocenters. The Morgan fingerprint density at radius 3 is 2.43 bits per heavy atom. The van der Waals surface area contributed by atoms with E-state index in [1.165, 1.54) is 59.4 Å². The third-order valence-corrected chi connectivity index (χ3v) is 6.66. The number of pyridine rings is 1. The largest absolute Gasteiger partial charge is 0.378 e. The van der Waals surface area contributed by atoms with E-state index in [9.17, 15) is 0 Å². The summed E-state index contributed by atoms with van der Waals surface area (Å²) in [6.45, 7) is 10.3. The quantitative estimate of drug-likeness (QED) is 0.392. The first-order valence-corrected chi connectivity index (χ1v) is 11.6. The van der Waals surface area contributed by atoms with Gasteiger partial charge < -0.3 is 9.47 Å². The zero-order chi connectivity index (χ0) is 21.8. The molecule has 0 amide bonds. The van der Waals surface area contributed by atoms with Crippen LogP contribution in [-0.2, 0) is 20.0 Å². The first kappa shape index (κ1) is 22.4. The van der Waals surface area contributed by atoms with E-state index in [2.05, 4.69) is 99.3 Å². The Morgan fingerprint density at radius 2 is 1.77 bits per heavy atom. The third-order valence-electron chi connectivity index (χ3n) is 6.66. The molecule has 1 atom stereocenters. The lowest BCUT2D eigenvalue weighted by molar-refractivity contribution is -0.653. The SMILES string of the molecule is CCCCn1c(C)cc(C(CCC)Cc2ccc3cc(N(C)C)ccc3[n+]2C)c1C. The lowest BCUT2D eigenvalue weighted by atomic mass is 9.89. The molecule has 3 rings (SSSR count). The van der Waals surface area contributed by atoms with E-state index in [0.717, 1.165) is 13.0 Å². The van der Waals surface area contributed by atoms with E-state index < -0.39 is 0 Å². The minimum absolute atomic E-state index is 0.571. The Kier molecular flexibility index (Phi) is 7.23. The number of hydrogen-bond acceptors (Lipinski definition) is 1. The molecular weight excluding hydrogens is 366 g/mol. The summed E-state index contributed by atoms with van der Waals surface area (Å²) in [6, 6.07) is 13.8. The van der Waals surface area contributed by atoms with Crippen LogP contribution >= 0.6 is 0 Å². The van der Waals surface area contributed by atoms with Crippen molar-refractivity contribution in [1.82, 2.24) is 4.57 Å². The van der Waals surface area contributed by atoms with Crippen molar-refractivity contribution in [2.45, 2.75) is 72.3 Å². The standard InChI is InChI=1S/C27H40N3/c1-8-10-16-30-20(3)17-26(21(30)4)22(11-9-2)18-25-13-12-23-19-24(28(5)6)14-15-27(23)29(25)7/h12-15,17,19,22H,8-11,16,18H2,1-7H3/q+1. The van der Waals surface area contributed by atoms with Crippen LogP contribution in [0, 0.1) is 13.8 Å². The molecule has 0 aliphatic carbocycles. The lowest BCUT2D eigenvalue weighted by Crippen LogP contribution is -2.35. The fourth-order valence-corrected chi connectivity index (χ4v) is 4.79. The van der Waals surface area contributed by atoms with Gasteiger partial charge in [-0.25, -0.2) is 0 Å². The summed E-state index contributed by atoms with van der Waals surface area (Å²) >= 11 is 0. The minimum atomic E-state index is 0.571. The van der Waals surface area contributed by atoms with E-state index in [1.54, 1.807) is 5.56 Å². The van der Waals surface area contributed by atoms with Gasteiger partial charge in [0.05, 0.1) is 0 Å². The molecule has 0 spiro atoms. The second-order valence-corrected chi connectivity index (χ2v) is 9.04. The van der Waals surface area contributed by atoms with Crippen molar-refractivity contribution in [3.8, 4) is 0 Å². The van der Waals surface area contributed by atoms with Gasteiger partial charge in [-0.1, -0.05) is 26.7 Å². The highest BCUT2D eigenvalue weighted by atomic mass is 15.1. The Bertz CT molecular complexity index is 997. The van der Waals surface area contributed by atoms with Gasteiger partial charge in [-0.05, 0) is 62.4 Å². The molecule has 0 saturated heterocycles. The smallest absolute Gasteiger partial charge is 0.212 e. The van der Waals surface area contributed by atoms with Crippen molar-refractivity contribution in [3.05, 3.63) is 59.0 Å². The summed E-state index contributed by atoms with van der Waals surface area (Å²) in [7, 11) is 6.42. The van der Waals surface area contributed by atoms with Crippen LogP contribution in [-0.4, -0.2) is 18.7 Å². The van der Waals surface area contributed by atoms with Crippen LogP contribution in [0.2, 0.25) is 0 Å². The molecular formula is C27H40N3+. The maximum atomic E-state index is 2.53. The molecule has 0 saturated carbocycles. The lowest BCUT2D eigenvalue weighted by Gasteiger charge is -2.17. The number of anilines is 1. The van der Waals surface area contributed by atoms with E-state index in [0.29, 0.717) is 5.92 Å². The van der Waals surface area contributed by atoms with Crippen LogP contribution in [0.5, 0.6) is 0 Å². The van der Waals surface area contributed by atoms with Crippen molar-refractivity contribution >= 4 is 16.6 Å². The highest BCUT2D eigenvalue weighted by molar-refractivity contribution is 5.80. The molecule has 3 heteroatoms. The summed E-state index contributed by atoms with van der Waals surface area (Å²) in [5.74, 6) is 0.571. The minimum Gasteiger partial charge on any atom is -0.378 e. The second-order valence-electron chi connectivity index (χ2n) is 9.04. The molecule has 162 valence electrons. The topological polar surface area (TPSA) is 12.1 Å². The zero-order valence-electron chi connectivity index (χ0n) is 20.1. The summed E-state index contributed by atoms with van der Waals surface area (Å²) in [4.78, 5) is 2.17. The Balaban J connectivity index is 1.94. The van der Waals surface area contributed by atoms with Gasteiger partial charge in [0, 0.05) is 61.7 Å². The number of aromatic nitrogens is 2. The first-order chi connectivity index (χ1) is 14.4. The van der Waals surface area contributed by atoms with Gasteiger partial charge in [0.1, 0.15) is 7.05 Å². The normalized spacial score (nSPS) is 12.5. The van der Waals surface area contributed by atoms with Gasteiger partial charge in [-0.15, -0.1) is 0 Å². The second kappa shape index (κ2) is 9.68. The van der Waals surface area contributed by atoms with Crippen molar-refractivity contribution in [2.75, 3.05) is 19.0 Å². The van der Waals surface area contributed by atoms with Crippen molar-refractivity contribution < 1.29 is 4.57 Å². The fraction of sp³-hybridized carbons (Fsp3) is 0.519. The van der Waals surface area contributed by atoms with Crippen LogP contribution < -0.4 is 9.47 Å². The summed E-state index contributed by atoms with van der Waals surface area (Å²) in [6.07, 6.45) is 6.03. The molecule has 2 aromatic heterocycles. The van der Waals surface area contributed by atoms with Crippen molar-refractivity contribution in [3.63, 3.8) is 0 Å². The van der Waals surface area contributed by atoms with E-state index in [-0.39, 0.29) is 0 Å². The average Bonchev–Trinajstić information content (AvgIpc) is 3.01. The molecule has 3 nitrogen and oxygen atoms in total. The number of aryl methyl sites for hydroxylation is 2. The van der Waals surface area contributed by atoms with Crippen LogP contribution in [0.3, 0.4) is 0 Å². The number of nitrogens with zero attached hydrogens (tertiary/aromatic N) is 3. The molecule has 0 bridgehead atoms. The maximum absolute atomic E-state index is 2.53. The average molecular weight is 407 g/mol. The number of fused-ring (bicyclic) bond motifs is 1. The summed E-state index contributed by atoms with van der Waals surface area (Å²) < 4.78 is 4.93. The maximum Gasteiger partial charge on any atom is 0.212 e. The van der Waals surface area contributed by atoms with Gasteiger partial charge in [-0.2, -0.15) is 4.57 Å². The Morgan fingerprint density at radius 1 is 1.00 bits per heavy atom. The summed E-state index contributed by atoms with van der Waals surface area (Å²) in [5.41, 5.74) is 8.40. The van der Waals surface area contributed by atoms with Gasteiger partial charge in [-0.3, -0.25) is 0 Å². The molecule has 2 heterocycles. The highest BCUT2D eigenvalue weighted by Crippen LogP contribution is 2.31. The Hall–Kier alpha value is -2.29. The van der Waals surface area contributed by atoms with Crippen LogP contribution in [0.25, 0.3) is 10.9 Å². The number of benzene rings is 1. The van der Waals surface area contributed by atoms with Crippen LogP contribution in [0.15, 0.2) is 36.4 Å². The van der Waals surface area contributed by atoms with Gasteiger partial charge in [0.25, 0.3) is 0 Å². The van der Waals surface area contributed by atoms with E-state index in [4.69, 9.17) is 0 Å². The predicted octanol–water partition coefficient (Wildman–Crippen LogP) is 6.08. The van der Waals surface area contributed by atoms with Crippen LogP contribution in [0.4, 0.5) is 5.69 Å². The summed E-state index contributed by atoms with van der Waals surface area (Å²) in [5, 5.41) is 1.30. The highest BCUT2D eigenvalue weighted by Gasteiger charge is 2.22. The molecule has 0 N–H and O–H groups in total. The first-order valence-electron chi connectivity index (χ1n) is 11.6. The number of hydrogen-bond donors (Lipinski definition) is 0. The van der Waals surface area contributed by atoms with Crippen LogP contribution in [0.1, 0.15) is 68.1 Å². The van der Waals surface area contributed by atoms with Gasteiger partial charge >= 0.3 is 0 Å². The molecule has 0 aliphatic rings. The van der Waals surface area contributed by atoms with Crippen molar-refractivity contribution in [2.24, 2.45) is 7.05 Å². The predicted molar refractivity (Wildman–Crippen MR) is 130 cm³/mol. The Labute approximate surface area is 183 Å². The molecule has 3 aromatic rings.